The van der Waals surface area contributed by atoms with Gasteiger partial charge in [-0.1, -0.05) is 18.2 Å². The number of likely N-dealkylation sites (tertiary alicyclic amines) is 1. The van der Waals surface area contributed by atoms with Gasteiger partial charge in [0.05, 0.1) is 17.0 Å². The number of thiazole rings is 1. The minimum atomic E-state index is 0.159. The van der Waals surface area contributed by atoms with Gasteiger partial charge < -0.3 is 10.2 Å². The third-order valence-corrected chi connectivity index (χ3v) is 7.10. The van der Waals surface area contributed by atoms with Gasteiger partial charge in [-0.3, -0.25) is 4.79 Å². The van der Waals surface area contributed by atoms with Crippen LogP contribution in [0.1, 0.15) is 12.1 Å². The van der Waals surface area contributed by atoms with Gasteiger partial charge in [0.2, 0.25) is 5.91 Å². The van der Waals surface area contributed by atoms with Crippen molar-refractivity contribution in [2.24, 2.45) is 0 Å². The molecule has 1 aliphatic rings. The lowest BCUT2D eigenvalue weighted by Gasteiger charge is -2.17. The fraction of sp³-hybridized carbons (Fsp3) is 0.263. The van der Waals surface area contributed by atoms with Crippen LogP contribution < -0.4 is 5.32 Å². The maximum absolute atomic E-state index is 12.6. The van der Waals surface area contributed by atoms with E-state index in [9.17, 15) is 4.79 Å². The van der Waals surface area contributed by atoms with E-state index in [1.54, 1.807) is 22.7 Å². The van der Waals surface area contributed by atoms with Crippen LogP contribution in [0, 0.1) is 0 Å². The number of nitrogens with one attached hydrogen (secondary N) is 1. The summed E-state index contributed by atoms with van der Waals surface area (Å²) in [4.78, 5) is 20.3. The number of benzene rings is 1. The summed E-state index contributed by atoms with van der Waals surface area (Å²) in [6.45, 7) is 1.56. The second-order valence-corrected chi connectivity index (χ2v) is 8.97. The van der Waals surface area contributed by atoms with Crippen molar-refractivity contribution in [2.75, 3.05) is 18.4 Å². The van der Waals surface area contributed by atoms with E-state index >= 15 is 0 Å². The van der Waals surface area contributed by atoms with Gasteiger partial charge in [-0.25, -0.2) is 4.98 Å². The fourth-order valence-electron chi connectivity index (χ4n) is 3.07. The number of aromatic nitrogens is 1. The lowest BCUT2D eigenvalue weighted by atomic mass is 10.2. The van der Waals surface area contributed by atoms with Crippen molar-refractivity contribution in [1.29, 1.82) is 0 Å². The van der Waals surface area contributed by atoms with Gasteiger partial charge in [0.15, 0.2) is 0 Å². The van der Waals surface area contributed by atoms with Crippen LogP contribution in [0.15, 0.2) is 51.6 Å². The number of para-hydroxylation sites is 1. The summed E-state index contributed by atoms with van der Waals surface area (Å²) < 4.78 is 1.07. The molecule has 2 aromatic heterocycles. The fourth-order valence-corrected chi connectivity index (χ4v) is 5.40. The quantitative estimate of drug-likeness (QED) is 0.605. The number of amides is 1. The second kappa shape index (κ2) is 7.90. The number of thiophene rings is 1. The summed E-state index contributed by atoms with van der Waals surface area (Å²) in [6.07, 6.45) is 1.35. The molecule has 0 saturated carbocycles. The van der Waals surface area contributed by atoms with Gasteiger partial charge in [-0.05, 0) is 40.5 Å². The number of halogens is 1. The predicted octanol–water partition coefficient (Wildman–Crippen LogP) is 4.89. The number of nitrogens with zero attached hydrogens (tertiary/aromatic N) is 2. The SMILES string of the molecule is O=C(Cc1csc(-c2cc(Br)cs2)n1)N1CCC(Nc2ccccc2)C1. The molecule has 1 aliphatic heterocycles. The third-order valence-electron chi connectivity index (χ3n) is 4.35. The van der Waals surface area contributed by atoms with Gasteiger partial charge in [-0.15, -0.1) is 22.7 Å². The van der Waals surface area contributed by atoms with Crippen LogP contribution in [0.4, 0.5) is 5.69 Å². The van der Waals surface area contributed by atoms with Crippen LogP contribution in [0.5, 0.6) is 0 Å². The normalized spacial score (nSPS) is 16.8. The first-order valence-electron chi connectivity index (χ1n) is 8.45. The van der Waals surface area contributed by atoms with Gasteiger partial charge in [0, 0.05) is 40.1 Å². The minimum absolute atomic E-state index is 0.159. The number of hydrogen-bond donors (Lipinski definition) is 1. The molecular formula is C19H18BrN3OS2. The van der Waals surface area contributed by atoms with Crippen LogP contribution in [-0.4, -0.2) is 34.9 Å². The lowest BCUT2D eigenvalue weighted by molar-refractivity contribution is -0.129. The molecule has 134 valence electrons. The predicted molar refractivity (Wildman–Crippen MR) is 112 cm³/mol. The molecule has 1 fully saturated rings. The van der Waals surface area contributed by atoms with Crippen LogP contribution in [-0.2, 0) is 11.2 Å². The molecule has 26 heavy (non-hydrogen) atoms. The van der Waals surface area contributed by atoms with Gasteiger partial charge in [0.1, 0.15) is 5.01 Å². The Morgan fingerprint density at radius 3 is 2.88 bits per heavy atom. The third kappa shape index (κ3) is 4.16. The van der Waals surface area contributed by atoms with Crippen molar-refractivity contribution in [2.45, 2.75) is 18.9 Å². The first-order chi connectivity index (χ1) is 12.7. The largest absolute Gasteiger partial charge is 0.380 e. The number of carbonyl (C=O) groups is 1. The number of anilines is 1. The number of carbonyl (C=O) groups excluding carboxylic acids is 1. The smallest absolute Gasteiger partial charge is 0.228 e. The topological polar surface area (TPSA) is 45.2 Å². The van der Waals surface area contributed by atoms with Gasteiger partial charge in [0.25, 0.3) is 0 Å². The Labute approximate surface area is 169 Å². The Morgan fingerprint density at radius 2 is 2.12 bits per heavy atom. The molecular weight excluding hydrogens is 430 g/mol. The highest BCUT2D eigenvalue weighted by molar-refractivity contribution is 9.10. The van der Waals surface area contributed by atoms with E-state index in [0.29, 0.717) is 12.5 Å². The van der Waals surface area contributed by atoms with E-state index in [0.717, 1.165) is 45.2 Å². The summed E-state index contributed by atoms with van der Waals surface area (Å²) in [5.74, 6) is 0.159. The Morgan fingerprint density at radius 1 is 1.27 bits per heavy atom. The highest BCUT2D eigenvalue weighted by Gasteiger charge is 2.26. The van der Waals surface area contributed by atoms with Crippen molar-refractivity contribution < 1.29 is 4.79 Å². The maximum atomic E-state index is 12.6. The van der Waals surface area contributed by atoms with Crippen LogP contribution in [0.25, 0.3) is 9.88 Å². The van der Waals surface area contributed by atoms with Crippen molar-refractivity contribution in [1.82, 2.24) is 9.88 Å². The summed E-state index contributed by atoms with van der Waals surface area (Å²) >= 11 is 6.73. The molecule has 1 amide bonds. The molecule has 1 N–H and O–H groups in total. The van der Waals surface area contributed by atoms with Crippen LogP contribution in [0.3, 0.4) is 0 Å². The average Bonchev–Trinajstić information content (AvgIpc) is 3.37. The van der Waals surface area contributed by atoms with E-state index in [1.807, 2.05) is 33.9 Å². The van der Waals surface area contributed by atoms with E-state index in [-0.39, 0.29) is 5.91 Å². The molecule has 3 heterocycles. The van der Waals surface area contributed by atoms with Crippen molar-refractivity contribution in [3.8, 4) is 9.88 Å². The average molecular weight is 448 g/mol. The molecule has 4 rings (SSSR count). The number of rotatable bonds is 5. The van der Waals surface area contributed by atoms with Crippen molar-refractivity contribution >= 4 is 50.2 Å². The van der Waals surface area contributed by atoms with E-state index in [4.69, 9.17) is 0 Å². The molecule has 1 saturated heterocycles. The Kier molecular flexibility index (Phi) is 5.38. The van der Waals surface area contributed by atoms with Crippen molar-refractivity contribution in [3.05, 3.63) is 57.3 Å². The zero-order valence-electron chi connectivity index (χ0n) is 14.0. The first kappa shape index (κ1) is 17.7. The molecule has 0 radical (unpaired) electrons. The zero-order chi connectivity index (χ0) is 17.9. The molecule has 0 bridgehead atoms. The highest BCUT2D eigenvalue weighted by atomic mass is 79.9. The van der Waals surface area contributed by atoms with E-state index in [1.165, 1.54) is 0 Å². The Bertz CT molecular complexity index is 893. The molecule has 0 aliphatic carbocycles. The summed E-state index contributed by atoms with van der Waals surface area (Å²) in [6, 6.07) is 12.5. The first-order valence-corrected chi connectivity index (χ1v) is 11.0. The van der Waals surface area contributed by atoms with Crippen LogP contribution in [0.2, 0.25) is 0 Å². The Balaban J connectivity index is 1.33. The zero-order valence-corrected chi connectivity index (χ0v) is 17.2. The monoisotopic (exact) mass is 447 g/mol. The van der Waals surface area contributed by atoms with Gasteiger partial charge >= 0.3 is 0 Å². The molecule has 7 heteroatoms. The molecule has 1 atom stereocenters. The minimum Gasteiger partial charge on any atom is -0.380 e. The lowest BCUT2D eigenvalue weighted by Crippen LogP contribution is -2.32. The molecule has 1 unspecified atom stereocenters. The molecule has 4 nitrogen and oxygen atoms in total. The molecule has 1 aromatic carbocycles. The standard InChI is InChI=1S/C19H18BrN3OS2/c20-13-8-17(25-11-13)19-22-16(12-26-19)9-18(24)23-7-6-15(10-23)21-14-4-2-1-3-5-14/h1-5,8,11-12,15,21H,6-7,9-10H2. The summed E-state index contributed by atoms with van der Waals surface area (Å²) in [7, 11) is 0. The summed E-state index contributed by atoms with van der Waals surface area (Å²) in [5.41, 5.74) is 1.97. The summed E-state index contributed by atoms with van der Waals surface area (Å²) in [5, 5.41) is 8.53. The second-order valence-electron chi connectivity index (χ2n) is 6.29. The van der Waals surface area contributed by atoms with E-state index in [2.05, 4.69) is 44.4 Å². The maximum Gasteiger partial charge on any atom is 0.228 e. The highest BCUT2D eigenvalue weighted by Crippen LogP contribution is 2.32. The number of hydrogen-bond acceptors (Lipinski definition) is 5. The molecule has 0 spiro atoms. The Hall–Kier alpha value is -1.70. The van der Waals surface area contributed by atoms with E-state index < -0.39 is 0 Å². The van der Waals surface area contributed by atoms with Crippen LogP contribution >= 0.6 is 38.6 Å². The van der Waals surface area contributed by atoms with Gasteiger partial charge in [-0.2, -0.15) is 0 Å². The van der Waals surface area contributed by atoms with Crippen molar-refractivity contribution in [3.63, 3.8) is 0 Å². The molecule has 3 aromatic rings.